The molecule has 1 unspecified atom stereocenters. The van der Waals surface area contributed by atoms with Crippen LogP contribution in [0.15, 0.2) is 22.7 Å². The van der Waals surface area contributed by atoms with E-state index in [1.54, 1.807) is 0 Å². The van der Waals surface area contributed by atoms with Crippen LogP contribution >= 0.6 is 15.9 Å². The summed E-state index contributed by atoms with van der Waals surface area (Å²) < 4.78 is 2.99. The Hall–Kier alpha value is -1.89. The molecule has 0 fully saturated rings. The Morgan fingerprint density at radius 3 is 2.91 bits per heavy atom. The van der Waals surface area contributed by atoms with Gasteiger partial charge in [0.15, 0.2) is 5.82 Å². The van der Waals surface area contributed by atoms with Crippen LogP contribution in [0.3, 0.4) is 0 Å². The number of halogens is 1. The van der Waals surface area contributed by atoms with Crippen LogP contribution in [0.5, 0.6) is 0 Å². The zero-order valence-corrected chi connectivity index (χ0v) is 14.7. The third-order valence-corrected chi connectivity index (χ3v) is 4.85. The van der Waals surface area contributed by atoms with Gasteiger partial charge in [0.1, 0.15) is 5.82 Å². The van der Waals surface area contributed by atoms with Crippen molar-refractivity contribution in [3.8, 4) is 0 Å². The van der Waals surface area contributed by atoms with Crippen LogP contribution in [-0.2, 0) is 17.9 Å². The third-order valence-electron chi connectivity index (χ3n) is 4.35. The Kier molecular flexibility index (Phi) is 4.39. The minimum atomic E-state index is -0.767. The van der Waals surface area contributed by atoms with E-state index in [0.717, 1.165) is 33.9 Å². The zero-order chi connectivity index (χ0) is 16.6. The molecule has 1 aliphatic rings. The maximum absolute atomic E-state index is 11.5. The second-order valence-electron chi connectivity index (χ2n) is 5.71. The number of hydrogen-bond acceptors (Lipinski definition) is 4. The molecule has 6 nitrogen and oxygen atoms in total. The summed E-state index contributed by atoms with van der Waals surface area (Å²) in [5.74, 6) is 0.590. The molecule has 1 aliphatic heterocycles. The fourth-order valence-electron chi connectivity index (χ4n) is 3.20. The van der Waals surface area contributed by atoms with E-state index in [2.05, 4.69) is 42.5 Å². The number of anilines is 1. The maximum Gasteiger partial charge on any atom is 0.311 e. The van der Waals surface area contributed by atoms with Gasteiger partial charge >= 0.3 is 5.97 Å². The lowest BCUT2D eigenvalue weighted by Gasteiger charge is -2.34. The van der Waals surface area contributed by atoms with E-state index in [4.69, 9.17) is 0 Å². The average Bonchev–Trinajstić information content (AvgIpc) is 2.86. The molecule has 1 N–H and O–H groups in total. The van der Waals surface area contributed by atoms with E-state index < -0.39 is 11.9 Å². The Balaban J connectivity index is 1.95. The fraction of sp³-hybridized carbons (Fsp3) is 0.438. The number of benzene rings is 1. The molecule has 1 aromatic carbocycles. The molecule has 2 aromatic rings. The summed E-state index contributed by atoms with van der Waals surface area (Å²) in [7, 11) is 0. The van der Waals surface area contributed by atoms with Crippen LogP contribution in [0.1, 0.15) is 36.5 Å². The van der Waals surface area contributed by atoms with Gasteiger partial charge in [-0.1, -0.05) is 15.9 Å². The lowest BCUT2D eigenvalue weighted by atomic mass is 9.90. The largest absolute Gasteiger partial charge is 0.481 e. The Morgan fingerprint density at radius 2 is 2.22 bits per heavy atom. The van der Waals surface area contributed by atoms with Crippen molar-refractivity contribution in [2.24, 2.45) is 0 Å². The average molecular weight is 379 g/mol. The van der Waals surface area contributed by atoms with Gasteiger partial charge in [0.05, 0.1) is 12.5 Å². The van der Waals surface area contributed by atoms with Gasteiger partial charge < -0.3 is 14.6 Å². The van der Waals surface area contributed by atoms with Crippen molar-refractivity contribution in [1.29, 1.82) is 0 Å². The molecule has 3 rings (SSSR count). The number of nitrogens with zero attached hydrogens (tertiary/aromatic N) is 4. The molecular weight excluding hydrogens is 360 g/mol. The molecule has 0 spiro atoms. The highest BCUT2D eigenvalue weighted by Gasteiger charge is 2.30. The Labute approximate surface area is 143 Å². The number of rotatable bonds is 4. The first-order valence-corrected chi connectivity index (χ1v) is 8.46. The van der Waals surface area contributed by atoms with Gasteiger partial charge in [0.2, 0.25) is 0 Å². The van der Waals surface area contributed by atoms with Crippen LogP contribution in [0.25, 0.3) is 0 Å². The summed E-state index contributed by atoms with van der Waals surface area (Å²) in [5, 5.41) is 17.9. The predicted molar refractivity (Wildman–Crippen MR) is 90.6 cm³/mol. The molecule has 0 saturated heterocycles. The van der Waals surface area contributed by atoms with Gasteiger partial charge in [-0.05, 0) is 44.0 Å². The summed E-state index contributed by atoms with van der Waals surface area (Å²) in [5.41, 5.74) is 1.83. The van der Waals surface area contributed by atoms with E-state index >= 15 is 0 Å². The lowest BCUT2D eigenvalue weighted by molar-refractivity contribution is -0.139. The van der Waals surface area contributed by atoms with Gasteiger partial charge in [-0.3, -0.25) is 4.79 Å². The summed E-state index contributed by atoms with van der Waals surface area (Å²) in [6.45, 7) is 6.17. The number of aliphatic carboxylic acids is 1. The monoisotopic (exact) mass is 378 g/mol. The Bertz CT molecular complexity index is 744. The van der Waals surface area contributed by atoms with Crippen molar-refractivity contribution in [3.63, 3.8) is 0 Å². The van der Waals surface area contributed by atoms with Gasteiger partial charge in [-0.2, -0.15) is 0 Å². The second kappa shape index (κ2) is 6.31. The number of aromatic nitrogens is 3. The van der Waals surface area contributed by atoms with Crippen molar-refractivity contribution >= 4 is 27.6 Å². The number of hydrogen-bond donors (Lipinski definition) is 1. The first-order chi connectivity index (χ1) is 11.0. The van der Waals surface area contributed by atoms with E-state index in [9.17, 15) is 9.90 Å². The first kappa shape index (κ1) is 16.0. The normalized spacial score (nSPS) is 17.2. The fourth-order valence-corrected chi connectivity index (χ4v) is 3.58. The number of carboxylic acid groups (broad SMARTS) is 1. The predicted octanol–water partition coefficient (Wildman–Crippen LogP) is 2.95. The molecule has 0 amide bonds. The lowest BCUT2D eigenvalue weighted by Crippen LogP contribution is -2.34. The molecular formula is C16H19BrN4O2. The van der Waals surface area contributed by atoms with E-state index in [0.29, 0.717) is 19.5 Å². The van der Waals surface area contributed by atoms with E-state index in [1.807, 2.05) is 25.1 Å². The SMILES string of the molecule is CCn1c(C)nnc1CN1CCC(C(=O)O)c2cc(Br)ccc21. The van der Waals surface area contributed by atoms with Gasteiger partial charge in [-0.25, -0.2) is 0 Å². The van der Waals surface area contributed by atoms with Gasteiger partial charge in [0.25, 0.3) is 0 Å². The van der Waals surface area contributed by atoms with Gasteiger partial charge in [0, 0.05) is 23.2 Å². The van der Waals surface area contributed by atoms with Crippen LogP contribution < -0.4 is 4.90 Å². The van der Waals surface area contributed by atoms with Crippen LogP contribution in [0.4, 0.5) is 5.69 Å². The van der Waals surface area contributed by atoms with E-state index in [-0.39, 0.29) is 0 Å². The second-order valence-corrected chi connectivity index (χ2v) is 6.63. The number of fused-ring (bicyclic) bond motifs is 1. The maximum atomic E-state index is 11.5. The highest BCUT2D eigenvalue weighted by molar-refractivity contribution is 9.10. The standard InChI is InChI=1S/C16H19BrN4O2/c1-3-21-10(2)18-19-15(21)9-20-7-6-12(16(22)23)13-8-11(17)4-5-14(13)20/h4-5,8,12H,3,6-7,9H2,1-2H3,(H,22,23). The van der Waals surface area contributed by atoms with Crippen molar-refractivity contribution in [1.82, 2.24) is 14.8 Å². The zero-order valence-electron chi connectivity index (χ0n) is 13.2. The smallest absolute Gasteiger partial charge is 0.311 e. The third kappa shape index (κ3) is 2.97. The highest BCUT2D eigenvalue weighted by Crippen LogP contribution is 2.37. The first-order valence-electron chi connectivity index (χ1n) is 7.67. The van der Waals surface area contributed by atoms with Crippen molar-refractivity contribution in [2.75, 3.05) is 11.4 Å². The molecule has 1 aromatic heterocycles. The van der Waals surface area contributed by atoms with E-state index in [1.165, 1.54) is 0 Å². The quantitative estimate of drug-likeness (QED) is 0.885. The topological polar surface area (TPSA) is 71.2 Å². The summed E-state index contributed by atoms with van der Waals surface area (Å²) >= 11 is 3.44. The molecule has 0 radical (unpaired) electrons. The minimum absolute atomic E-state index is 0.454. The number of carboxylic acids is 1. The molecule has 2 heterocycles. The minimum Gasteiger partial charge on any atom is -0.481 e. The van der Waals surface area contributed by atoms with Gasteiger partial charge in [-0.15, -0.1) is 10.2 Å². The van der Waals surface area contributed by atoms with Crippen molar-refractivity contribution in [2.45, 2.75) is 39.3 Å². The molecule has 0 aliphatic carbocycles. The molecule has 0 saturated carbocycles. The van der Waals surface area contributed by atoms with Crippen molar-refractivity contribution in [3.05, 3.63) is 39.9 Å². The number of carbonyl (C=O) groups is 1. The van der Waals surface area contributed by atoms with Crippen LogP contribution in [0, 0.1) is 6.92 Å². The summed E-state index contributed by atoms with van der Waals surface area (Å²) in [6, 6.07) is 5.84. The Morgan fingerprint density at radius 1 is 1.43 bits per heavy atom. The van der Waals surface area contributed by atoms with Crippen molar-refractivity contribution < 1.29 is 9.90 Å². The van der Waals surface area contributed by atoms with Crippen LogP contribution in [0.2, 0.25) is 0 Å². The molecule has 122 valence electrons. The molecule has 1 atom stereocenters. The van der Waals surface area contributed by atoms with Crippen LogP contribution in [-0.4, -0.2) is 32.4 Å². The highest BCUT2D eigenvalue weighted by atomic mass is 79.9. The summed E-state index contributed by atoms with van der Waals surface area (Å²) in [6.07, 6.45) is 0.595. The number of aryl methyl sites for hydroxylation is 1. The molecule has 7 heteroatoms. The molecule has 23 heavy (non-hydrogen) atoms. The summed E-state index contributed by atoms with van der Waals surface area (Å²) in [4.78, 5) is 13.7. The molecule has 0 bridgehead atoms.